The molecule has 1 fully saturated rings. The molecule has 7 heteroatoms. The fraction of sp³-hybridized carbons (Fsp3) is 0.556. The lowest BCUT2D eigenvalue weighted by Gasteiger charge is -2.37. The van der Waals surface area contributed by atoms with Gasteiger partial charge in [0, 0.05) is 18.2 Å². The average molecular weight is 367 g/mol. The molecule has 2 aliphatic rings. The smallest absolute Gasteiger partial charge is 0.268 e. The van der Waals surface area contributed by atoms with Crippen LogP contribution in [0.4, 0.5) is 5.69 Å². The largest absolute Gasteiger partial charge is 0.478 e. The third-order valence-corrected chi connectivity index (χ3v) is 4.86. The number of nitrogens with zero attached hydrogens (tertiary/aromatic N) is 1. The molecule has 2 heterocycles. The van der Waals surface area contributed by atoms with Gasteiger partial charge >= 0.3 is 0 Å². The molecule has 6 nitrogen and oxygen atoms in total. The minimum atomic E-state index is -0.663. The van der Waals surface area contributed by atoms with Crippen molar-refractivity contribution in [1.29, 1.82) is 0 Å². The monoisotopic (exact) mass is 366 g/mol. The topological polar surface area (TPSA) is 67.9 Å². The molecule has 3 unspecified atom stereocenters. The SMILES string of the molecule is CCC1Oc2ccc(Cl)cc2N(C(C)C(=O)NCC2CCCO2)C1=O. The summed E-state index contributed by atoms with van der Waals surface area (Å²) in [6.45, 7) is 4.79. The van der Waals surface area contributed by atoms with Gasteiger partial charge in [-0.25, -0.2) is 0 Å². The van der Waals surface area contributed by atoms with Gasteiger partial charge in [-0.15, -0.1) is 0 Å². The summed E-state index contributed by atoms with van der Waals surface area (Å²) in [5.41, 5.74) is 0.530. The van der Waals surface area contributed by atoms with Crippen LogP contribution in [0, 0.1) is 0 Å². The molecule has 0 aliphatic carbocycles. The summed E-state index contributed by atoms with van der Waals surface area (Å²) in [7, 11) is 0. The fourth-order valence-corrected chi connectivity index (χ4v) is 3.36. The van der Waals surface area contributed by atoms with Crippen LogP contribution in [0.15, 0.2) is 18.2 Å². The van der Waals surface area contributed by atoms with Crippen LogP contribution in [0.1, 0.15) is 33.1 Å². The Bertz CT molecular complexity index is 660. The highest BCUT2D eigenvalue weighted by Crippen LogP contribution is 2.38. The van der Waals surface area contributed by atoms with E-state index in [9.17, 15) is 9.59 Å². The Morgan fingerprint density at radius 1 is 1.48 bits per heavy atom. The second-order valence-corrected chi connectivity index (χ2v) is 6.83. The van der Waals surface area contributed by atoms with Crippen molar-refractivity contribution in [2.45, 2.75) is 51.4 Å². The van der Waals surface area contributed by atoms with Crippen LogP contribution in [-0.4, -0.2) is 43.2 Å². The highest BCUT2D eigenvalue weighted by Gasteiger charge is 2.38. The number of benzene rings is 1. The molecule has 2 aliphatic heterocycles. The fourth-order valence-electron chi connectivity index (χ4n) is 3.20. The summed E-state index contributed by atoms with van der Waals surface area (Å²) in [5, 5.41) is 3.38. The molecule has 25 heavy (non-hydrogen) atoms. The van der Waals surface area contributed by atoms with E-state index >= 15 is 0 Å². The first-order valence-electron chi connectivity index (χ1n) is 8.69. The minimum Gasteiger partial charge on any atom is -0.478 e. The Morgan fingerprint density at radius 3 is 2.96 bits per heavy atom. The van der Waals surface area contributed by atoms with E-state index < -0.39 is 12.1 Å². The molecule has 1 saturated heterocycles. The molecule has 0 saturated carbocycles. The summed E-state index contributed by atoms with van der Waals surface area (Å²) in [6.07, 6.45) is 1.95. The van der Waals surface area contributed by atoms with Crippen molar-refractivity contribution in [2.24, 2.45) is 0 Å². The zero-order chi connectivity index (χ0) is 18.0. The van der Waals surface area contributed by atoms with Gasteiger partial charge in [-0.2, -0.15) is 0 Å². The summed E-state index contributed by atoms with van der Waals surface area (Å²) in [5.74, 6) is 0.123. The molecule has 1 aromatic carbocycles. The van der Waals surface area contributed by atoms with Crippen LogP contribution in [0.3, 0.4) is 0 Å². The van der Waals surface area contributed by atoms with Crippen LogP contribution in [0.5, 0.6) is 5.75 Å². The second kappa shape index (κ2) is 7.62. The number of halogens is 1. The quantitative estimate of drug-likeness (QED) is 0.869. The van der Waals surface area contributed by atoms with Gasteiger partial charge in [0.1, 0.15) is 11.8 Å². The van der Waals surface area contributed by atoms with Crippen molar-refractivity contribution in [1.82, 2.24) is 5.32 Å². The van der Waals surface area contributed by atoms with Gasteiger partial charge in [0.05, 0.1) is 11.8 Å². The summed E-state index contributed by atoms with van der Waals surface area (Å²) in [6, 6.07) is 4.44. The van der Waals surface area contributed by atoms with Crippen molar-refractivity contribution in [3.8, 4) is 5.75 Å². The minimum absolute atomic E-state index is 0.0571. The van der Waals surface area contributed by atoms with Gasteiger partial charge in [0.15, 0.2) is 6.10 Å². The Hall–Kier alpha value is -1.79. The van der Waals surface area contributed by atoms with Crippen molar-refractivity contribution in [2.75, 3.05) is 18.1 Å². The maximum Gasteiger partial charge on any atom is 0.268 e. The van der Waals surface area contributed by atoms with Gasteiger partial charge in [0.2, 0.25) is 5.91 Å². The number of ether oxygens (including phenoxy) is 2. The number of fused-ring (bicyclic) bond motifs is 1. The first kappa shape index (κ1) is 18.0. The van der Waals surface area contributed by atoms with Crippen molar-refractivity contribution in [3.63, 3.8) is 0 Å². The van der Waals surface area contributed by atoms with Crippen LogP contribution in [0.2, 0.25) is 5.02 Å². The normalized spacial score (nSPS) is 23.8. The predicted octanol–water partition coefficient (Wildman–Crippen LogP) is 2.53. The van der Waals surface area contributed by atoms with Gasteiger partial charge in [0.25, 0.3) is 5.91 Å². The molecule has 2 amide bonds. The van der Waals surface area contributed by atoms with E-state index in [4.69, 9.17) is 21.1 Å². The number of rotatable bonds is 5. The number of carbonyl (C=O) groups is 2. The summed E-state index contributed by atoms with van der Waals surface area (Å²) in [4.78, 5) is 26.9. The van der Waals surface area contributed by atoms with E-state index in [0.29, 0.717) is 29.4 Å². The van der Waals surface area contributed by atoms with E-state index in [0.717, 1.165) is 19.4 Å². The zero-order valence-corrected chi connectivity index (χ0v) is 15.2. The van der Waals surface area contributed by atoms with E-state index in [-0.39, 0.29) is 17.9 Å². The van der Waals surface area contributed by atoms with E-state index in [1.54, 1.807) is 25.1 Å². The molecule has 0 bridgehead atoms. The molecule has 0 radical (unpaired) electrons. The highest BCUT2D eigenvalue weighted by atomic mass is 35.5. The lowest BCUT2D eigenvalue weighted by Crippen LogP contribution is -2.55. The lowest BCUT2D eigenvalue weighted by molar-refractivity contribution is -0.130. The number of nitrogens with one attached hydrogen (secondary N) is 1. The van der Waals surface area contributed by atoms with Crippen molar-refractivity contribution < 1.29 is 19.1 Å². The highest BCUT2D eigenvalue weighted by molar-refractivity contribution is 6.31. The summed E-state index contributed by atoms with van der Waals surface area (Å²) >= 11 is 6.08. The molecule has 3 atom stereocenters. The molecule has 1 N–H and O–H groups in total. The molecule has 0 spiro atoms. The van der Waals surface area contributed by atoms with Gasteiger partial charge in [-0.05, 0) is 44.4 Å². The van der Waals surface area contributed by atoms with Gasteiger partial charge in [-0.3, -0.25) is 14.5 Å². The lowest BCUT2D eigenvalue weighted by atomic mass is 10.1. The molecule has 3 rings (SSSR count). The van der Waals surface area contributed by atoms with Gasteiger partial charge < -0.3 is 14.8 Å². The van der Waals surface area contributed by atoms with Crippen LogP contribution >= 0.6 is 11.6 Å². The van der Waals surface area contributed by atoms with Crippen molar-refractivity contribution in [3.05, 3.63) is 23.2 Å². The molecule has 1 aromatic rings. The number of hydrogen-bond acceptors (Lipinski definition) is 4. The maximum atomic E-state index is 12.8. The molecular weight excluding hydrogens is 344 g/mol. The molecular formula is C18H23ClN2O4. The van der Waals surface area contributed by atoms with Gasteiger partial charge in [-0.1, -0.05) is 18.5 Å². The second-order valence-electron chi connectivity index (χ2n) is 6.39. The Morgan fingerprint density at radius 2 is 2.28 bits per heavy atom. The number of amides is 2. The summed E-state index contributed by atoms with van der Waals surface area (Å²) < 4.78 is 11.3. The maximum absolute atomic E-state index is 12.8. The average Bonchev–Trinajstić information content (AvgIpc) is 3.12. The zero-order valence-electron chi connectivity index (χ0n) is 14.5. The van der Waals surface area contributed by atoms with Crippen molar-refractivity contribution >= 4 is 29.1 Å². The molecule has 0 aromatic heterocycles. The predicted molar refractivity (Wildman–Crippen MR) is 95.1 cm³/mol. The Kier molecular flexibility index (Phi) is 5.49. The van der Waals surface area contributed by atoms with Crippen LogP contribution in [-0.2, 0) is 14.3 Å². The van der Waals surface area contributed by atoms with Crippen LogP contribution in [0.25, 0.3) is 0 Å². The van der Waals surface area contributed by atoms with E-state index in [1.165, 1.54) is 4.90 Å². The first-order valence-corrected chi connectivity index (χ1v) is 9.07. The number of carbonyl (C=O) groups excluding carboxylic acids is 2. The van der Waals surface area contributed by atoms with Crippen LogP contribution < -0.4 is 15.0 Å². The Balaban J connectivity index is 1.79. The number of anilines is 1. The Labute approximate surface area is 152 Å². The standard InChI is InChI=1S/C18H23ClN2O4/c1-3-15-18(23)21(14-9-12(19)6-7-16(14)25-15)11(2)17(22)20-10-13-5-4-8-24-13/h6-7,9,11,13,15H,3-5,8,10H2,1-2H3,(H,20,22). The third-order valence-electron chi connectivity index (χ3n) is 4.63. The van der Waals surface area contributed by atoms with E-state index in [2.05, 4.69) is 5.32 Å². The third kappa shape index (κ3) is 3.75. The van der Waals surface area contributed by atoms with E-state index in [1.807, 2.05) is 6.92 Å². The first-order chi connectivity index (χ1) is 12.0. The number of hydrogen-bond donors (Lipinski definition) is 1. The molecule has 136 valence electrons.